The monoisotopic (exact) mass is 494 g/mol. The van der Waals surface area contributed by atoms with E-state index in [-0.39, 0.29) is 27.5 Å². The first-order chi connectivity index (χ1) is 10.2. The van der Waals surface area contributed by atoms with E-state index in [1.165, 1.54) is 0 Å². The number of anilines is 1. The van der Waals surface area contributed by atoms with Gasteiger partial charge in [-0.2, -0.15) is 4.83 Å². The van der Waals surface area contributed by atoms with Crippen molar-refractivity contribution in [3.8, 4) is 0 Å². The zero-order valence-electron chi connectivity index (χ0n) is 12.2. The summed E-state index contributed by atoms with van der Waals surface area (Å²) >= 11 is 1.57. The number of carbonyl (C=O) groups is 2. The van der Waals surface area contributed by atoms with Gasteiger partial charge in [0.2, 0.25) is 5.78 Å². The number of hydrazine groups is 1. The molecule has 0 fully saturated rings. The number of rotatable bonds is 12. The maximum Gasteiger partial charge on any atom is 0.372 e. The molecule has 1 aromatic rings. The summed E-state index contributed by atoms with van der Waals surface area (Å²) in [4.78, 5) is 24.1. The molecule has 0 spiro atoms. The van der Waals surface area contributed by atoms with Gasteiger partial charge in [-0.1, -0.05) is 43.0 Å². The molecule has 0 saturated carbocycles. The van der Waals surface area contributed by atoms with Gasteiger partial charge in [-0.15, -0.1) is 13.1 Å². The van der Waals surface area contributed by atoms with Crippen molar-refractivity contribution in [2.24, 2.45) is 0 Å². The van der Waals surface area contributed by atoms with Crippen molar-refractivity contribution in [1.29, 1.82) is 0 Å². The van der Waals surface area contributed by atoms with Gasteiger partial charge in [-0.3, -0.25) is 4.79 Å². The zero-order chi connectivity index (χ0) is 15.3. The average Bonchev–Trinajstić information content (AvgIpc) is 2.49. The summed E-state index contributed by atoms with van der Waals surface area (Å²) in [7, 11) is 0. The van der Waals surface area contributed by atoms with E-state index >= 15 is 0 Å². The third kappa shape index (κ3) is 10.8. The Hall–Kier alpha value is -0.882. The molecule has 0 bridgehead atoms. The molecule has 0 aliphatic carbocycles. The third-order valence-electron chi connectivity index (χ3n) is 2.56. The predicted molar refractivity (Wildman–Crippen MR) is 85.2 cm³/mol. The molecule has 3 N–H and O–H groups in total. The Morgan fingerprint density at radius 1 is 1.14 bits per heavy atom. The van der Waals surface area contributed by atoms with Crippen LogP contribution in [0.5, 0.6) is 0 Å². The molecule has 0 amide bonds. The van der Waals surface area contributed by atoms with E-state index in [0.29, 0.717) is 13.0 Å². The van der Waals surface area contributed by atoms with Gasteiger partial charge in [0.25, 0.3) is 0 Å². The van der Waals surface area contributed by atoms with E-state index in [2.05, 4.69) is 15.6 Å². The number of benzene rings is 1. The van der Waals surface area contributed by atoms with Crippen LogP contribution >= 0.6 is 11.9 Å². The molecule has 0 aromatic heterocycles. The largest absolute Gasteiger partial charge is 0.662 e. The molecule has 0 aliphatic heterocycles. The normalized spacial score (nSPS) is 9.82. The molecule has 1 rings (SSSR count). The number of Topliss-reactive ketones (excluding diaryl/α,β-unsaturated/α-hetero) is 1. The van der Waals surface area contributed by atoms with E-state index in [4.69, 9.17) is 5.11 Å². The molecule has 0 saturated heterocycles. The fourth-order valence-electron chi connectivity index (χ4n) is 1.49. The van der Waals surface area contributed by atoms with Gasteiger partial charge in [0.1, 0.15) is 0 Å². The number of carboxylic acids is 1. The van der Waals surface area contributed by atoms with Crippen LogP contribution < -0.4 is 10.3 Å². The number of nitrogens with zero attached hydrogens (tertiary/aromatic N) is 1. The molecule has 1 aromatic carbocycles. The first-order valence-electron chi connectivity index (χ1n) is 6.77. The van der Waals surface area contributed by atoms with Crippen LogP contribution in [0.2, 0.25) is 0 Å². The minimum absolute atomic E-state index is 0. The SMILES string of the molecule is O=C(O)C(=O)CCC[N-]CCCSNNc1ccccc1.[W]. The first kappa shape index (κ1) is 21.1. The van der Waals surface area contributed by atoms with Crippen molar-refractivity contribution < 1.29 is 35.8 Å². The molecule has 0 atom stereocenters. The molecular weight excluding hydrogens is 474 g/mol. The van der Waals surface area contributed by atoms with Gasteiger partial charge in [0, 0.05) is 38.9 Å². The maximum atomic E-state index is 10.8. The topological polar surface area (TPSA) is 92.5 Å². The van der Waals surface area contributed by atoms with Crippen LogP contribution in [0.1, 0.15) is 19.3 Å². The van der Waals surface area contributed by atoms with Gasteiger partial charge >= 0.3 is 5.97 Å². The molecule has 0 heterocycles. The smallest absolute Gasteiger partial charge is 0.372 e. The Kier molecular flexibility index (Phi) is 13.2. The first-order valence-corrected chi connectivity index (χ1v) is 7.76. The Balaban J connectivity index is 0.00000441. The van der Waals surface area contributed by atoms with Crippen molar-refractivity contribution >= 4 is 29.4 Å². The number of hydrogen-bond acceptors (Lipinski definition) is 5. The molecule has 8 heteroatoms. The van der Waals surface area contributed by atoms with Crippen molar-refractivity contribution in [2.75, 3.05) is 24.3 Å². The Labute approximate surface area is 149 Å². The van der Waals surface area contributed by atoms with Crippen LogP contribution in [0.3, 0.4) is 0 Å². The summed E-state index contributed by atoms with van der Waals surface area (Å²) in [5.74, 6) is -1.18. The average molecular weight is 494 g/mol. The number of carbonyl (C=O) groups excluding carboxylic acids is 1. The molecular formula is C14H20N3O3SW-. The molecule has 0 radical (unpaired) electrons. The standard InChI is InChI=1S/C14H20N3O3S.W/c18-13(14(19)20)8-4-9-15-10-5-11-21-17-16-12-6-2-1-3-7-12;/h1-3,6-7,16-17H,4-5,8-11H2,(H,19,20);/q-1;. The van der Waals surface area contributed by atoms with Gasteiger partial charge < -0.3 is 15.8 Å². The van der Waals surface area contributed by atoms with E-state index < -0.39 is 11.8 Å². The van der Waals surface area contributed by atoms with Gasteiger partial charge in [0.15, 0.2) is 0 Å². The molecule has 6 nitrogen and oxygen atoms in total. The molecule has 0 unspecified atom stereocenters. The van der Waals surface area contributed by atoms with Crippen LogP contribution in [0, 0.1) is 0 Å². The van der Waals surface area contributed by atoms with E-state index in [9.17, 15) is 9.59 Å². The number of aliphatic carboxylic acids is 1. The van der Waals surface area contributed by atoms with Gasteiger partial charge in [-0.05, 0) is 12.1 Å². The van der Waals surface area contributed by atoms with Crippen molar-refractivity contribution in [3.05, 3.63) is 35.6 Å². The van der Waals surface area contributed by atoms with E-state index in [1.807, 2.05) is 30.3 Å². The summed E-state index contributed by atoms with van der Waals surface area (Å²) in [6.45, 7) is 1.26. The predicted octanol–water partition coefficient (Wildman–Crippen LogP) is 2.45. The van der Waals surface area contributed by atoms with Crippen LogP contribution in [0.4, 0.5) is 5.69 Å². The number of ketones is 1. The van der Waals surface area contributed by atoms with Crippen molar-refractivity contribution in [3.63, 3.8) is 0 Å². The molecule has 22 heavy (non-hydrogen) atoms. The third-order valence-corrected chi connectivity index (χ3v) is 3.30. The Morgan fingerprint density at radius 3 is 2.50 bits per heavy atom. The number of hydrogen-bond donors (Lipinski definition) is 3. The van der Waals surface area contributed by atoms with E-state index in [0.717, 1.165) is 24.4 Å². The zero-order valence-corrected chi connectivity index (χ0v) is 15.9. The summed E-state index contributed by atoms with van der Waals surface area (Å²) in [5.41, 5.74) is 4.08. The fraction of sp³-hybridized carbons (Fsp3) is 0.429. The second-order valence-corrected chi connectivity index (χ2v) is 5.20. The summed E-state index contributed by atoms with van der Waals surface area (Å²) in [6.07, 6.45) is 1.50. The van der Waals surface area contributed by atoms with Crippen LogP contribution in [-0.4, -0.2) is 35.7 Å². The minimum Gasteiger partial charge on any atom is -0.662 e. The molecule has 0 aliphatic rings. The quantitative estimate of drug-likeness (QED) is 0.179. The maximum absolute atomic E-state index is 10.8. The molecule has 122 valence electrons. The Morgan fingerprint density at radius 2 is 1.82 bits per heavy atom. The number of carboxylic acid groups (broad SMARTS) is 1. The fourth-order valence-corrected chi connectivity index (χ4v) is 2.05. The van der Waals surface area contributed by atoms with Crippen LogP contribution in [0.15, 0.2) is 30.3 Å². The second kappa shape index (κ2) is 13.8. The minimum atomic E-state index is -1.36. The van der Waals surface area contributed by atoms with E-state index in [1.54, 1.807) is 11.9 Å². The van der Waals surface area contributed by atoms with Crippen molar-refractivity contribution in [2.45, 2.75) is 19.3 Å². The summed E-state index contributed by atoms with van der Waals surface area (Å²) in [6, 6.07) is 9.83. The van der Waals surface area contributed by atoms with Crippen molar-refractivity contribution in [1.82, 2.24) is 4.83 Å². The summed E-state index contributed by atoms with van der Waals surface area (Å²) < 4.78 is 0. The Bertz CT molecular complexity index is 435. The van der Waals surface area contributed by atoms with Crippen LogP contribution in [0.25, 0.3) is 5.32 Å². The number of para-hydroxylation sites is 1. The second-order valence-electron chi connectivity index (χ2n) is 4.30. The summed E-state index contributed by atoms with van der Waals surface area (Å²) in [5, 5.41) is 12.6. The van der Waals surface area contributed by atoms with Gasteiger partial charge in [-0.25, -0.2) is 4.79 Å². The van der Waals surface area contributed by atoms with Gasteiger partial charge in [0.05, 0.1) is 0 Å². The number of nitrogens with one attached hydrogen (secondary N) is 2. The van der Waals surface area contributed by atoms with Crippen LogP contribution in [-0.2, 0) is 30.7 Å².